The number of benzene rings is 3. The molecule has 178 valence electrons. The average molecular weight is 469 g/mol. The van der Waals surface area contributed by atoms with E-state index in [9.17, 15) is 9.59 Å². The number of ether oxygens (including phenoxy) is 2. The maximum Gasteiger partial charge on any atom is 0.251 e. The van der Waals surface area contributed by atoms with Gasteiger partial charge in [0.25, 0.3) is 5.56 Å². The van der Waals surface area contributed by atoms with E-state index in [2.05, 4.69) is 4.98 Å². The van der Waals surface area contributed by atoms with E-state index in [0.717, 1.165) is 50.0 Å². The highest BCUT2D eigenvalue weighted by Gasteiger charge is 2.08. The smallest absolute Gasteiger partial charge is 0.251 e. The zero-order valence-electron chi connectivity index (χ0n) is 20.3. The number of aromatic amines is 1. The first-order valence-corrected chi connectivity index (χ1v) is 11.3. The van der Waals surface area contributed by atoms with Crippen molar-refractivity contribution in [1.82, 2.24) is 9.55 Å². The largest absolute Gasteiger partial charge is 0.497 e. The van der Waals surface area contributed by atoms with Gasteiger partial charge < -0.3 is 19.0 Å². The van der Waals surface area contributed by atoms with Crippen LogP contribution in [0.3, 0.4) is 0 Å². The van der Waals surface area contributed by atoms with Gasteiger partial charge in [0.1, 0.15) is 11.5 Å². The number of nitrogens with one attached hydrogen (secondary N) is 1. The highest BCUT2D eigenvalue weighted by atomic mass is 16.5. The fourth-order valence-corrected chi connectivity index (χ4v) is 4.12. The maximum absolute atomic E-state index is 12.4. The molecular formula is C29H28N2O4. The van der Waals surface area contributed by atoms with Crippen LogP contribution in [0.2, 0.25) is 0 Å². The van der Waals surface area contributed by atoms with Crippen LogP contribution in [-0.2, 0) is 6.54 Å². The molecule has 5 rings (SSSR count). The van der Waals surface area contributed by atoms with Crippen LogP contribution in [0.1, 0.15) is 16.7 Å². The summed E-state index contributed by atoms with van der Waals surface area (Å²) >= 11 is 0. The van der Waals surface area contributed by atoms with Gasteiger partial charge in [0.15, 0.2) is 0 Å². The van der Waals surface area contributed by atoms with Gasteiger partial charge in [0, 0.05) is 35.0 Å². The van der Waals surface area contributed by atoms with E-state index < -0.39 is 0 Å². The first-order valence-electron chi connectivity index (χ1n) is 11.3. The lowest BCUT2D eigenvalue weighted by Crippen LogP contribution is -2.21. The van der Waals surface area contributed by atoms with E-state index >= 15 is 0 Å². The lowest BCUT2D eigenvalue weighted by molar-refractivity contribution is 0.415. The third-order valence-corrected chi connectivity index (χ3v) is 5.97. The minimum atomic E-state index is -0.0803. The van der Waals surface area contributed by atoms with E-state index in [0.29, 0.717) is 6.54 Å². The van der Waals surface area contributed by atoms with Crippen LogP contribution in [-0.4, -0.2) is 23.8 Å². The highest BCUT2D eigenvalue weighted by Crippen LogP contribution is 2.23. The van der Waals surface area contributed by atoms with Crippen LogP contribution in [0.4, 0.5) is 0 Å². The van der Waals surface area contributed by atoms with Crippen molar-refractivity contribution in [2.75, 3.05) is 14.2 Å². The van der Waals surface area contributed by atoms with Gasteiger partial charge in [-0.2, -0.15) is 0 Å². The predicted octanol–water partition coefficient (Wildman–Crippen LogP) is 5.21. The molecule has 0 unspecified atom stereocenters. The molecule has 35 heavy (non-hydrogen) atoms. The van der Waals surface area contributed by atoms with Crippen molar-refractivity contribution in [3.63, 3.8) is 0 Å². The Balaban J connectivity index is 0.000000179. The second-order valence-electron chi connectivity index (χ2n) is 8.35. The molecule has 0 atom stereocenters. The molecule has 1 N–H and O–H groups in total. The Morgan fingerprint density at radius 3 is 2.06 bits per heavy atom. The van der Waals surface area contributed by atoms with Crippen LogP contribution in [0.15, 0.2) is 88.5 Å². The van der Waals surface area contributed by atoms with Gasteiger partial charge in [0.05, 0.1) is 31.8 Å². The summed E-state index contributed by atoms with van der Waals surface area (Å²) in [6.07, 6.45) is 0. The molecule has 0 aliphatic heterocycles. The van der Waals surface area contributed by atoms with E-state index in [1.807, 2.05) is 80.6 Å². The lowest BCUT2D eigenvalue weighted by Gasteiger charge is -2.13. The minimum absolute atomic E-state index is 0.0112. The third kappa shape index (κ3) is 5.27. The molecule has 6 nitrogen and oxygen atoms in total. The van der Waals surface area contributed by atoms with Crippen molar-refractivity contribution in [1.29, 1.82) is 0 Å². The maximum atomic E-state index is 12.4. The van der Waals surface area contributed by atoms with Gasteiger partial charge in [-0.25, -0.2) is 0 Å². The minimum Gasteiger partial charge on any atom is -0.497 e. The monoisotopic (exact) mass is 468 g/mol. The van der Waals surface area contributed by atoms with Crippen molar-refractivity contribution < 1.29 is 9.47 Å². The molecule has 3 aromatic carbocycles. The average Bonchev–Trinajstić information content (AvgIpc) is 2.86. The topological polar surface area (TPSA) is 73.3 Å². The summed E-state index contributed by atoms with van der Waals surface area (Å²) in [5.41, 5.74) is 4.72. The van der Waals surface area contributed by atoms with Crippen LogP contribution < -0.4 is 20.6 Å². The summed E-state index contributed by atoms with van der Waals surface area (Å²) in [6.45, 7) is 4.44. The number of rotatable bonds is 4. The summed E-state index contributed by atoms with van der Waals surface area (Å²) in [4.78, 5) is 26.4. The molecule has 0 aliphatic rings. The van der Waals surface area contributed by atoms with Crippen molar-refractivity contribution in [3.05, 3.63) is 116 Å². The first kappa shape index (κ1) is 23.8. The normalized spacial score (nSPS) is 10.6. The molecule has 6 heteroatoms. The summed E-state index contributed by atoms with van der Waals surface area (Å²) in [5.74, 6) is 1.51. The van der Waals surface area contributed by atoms with Crippen LogP contribution >= 0.6 is 0 Å². The van der Waals surface area contributed by atoms with Gasteiger partial charge in [-0.15, -0.1) is 0 Å². The second kappa shape index (κ2) is 10.3. The van der Waals surface area contributed by atoms with Crippen molar-refractivity contribution in [2.24, 2.45) is 0 Å². The Kier molecular flexibility index (Phi) is 7.01. The fourth-order valence-electron chi connectivity index (χ4n) is 4.12. The molecule has 0 spiro atoms. The van der Waals surface area contributed by atoms with Gasteiger partial charge in [0.2, 0.25) is 5.56 Å². The van der Waals surface area contributed by atoms with Gasteiger partial charge in [-0.3, -0.25) is 9.59 Å². The molecule has 0 saturated carbocycles. The number of aryl methyl sites for hydroxylation is 2. The Hall–Kier alpha value is -4.32. The highest BCUT2D eigenvalue weighted by molar-refractivity contribution is 5.84. The van der Waals surface area contributed by atoms with Crippen molar-refractivity contribution in [2.45, 2.75) is 20.4 Å². The number of nitrogens with zero attached hydrogens (tertiary/aromatic N) is 1. The lowest BCUT2D eigenvalue weighted by atomic mass is 10.1. The van der Waals surface area contributed by atoms with Crippen molar-refractivity contribution in [3.8, 4) is 11.5 Å². The number of hydrogen-bond acceptors (Lipinski definition) is 4. The van der Waals surface area contributed by atoms with Crippen molar-refractivity contribution >= 4 is 21.8 Å². The Bertz CT molecular complexity index is 1600. The molecule has 0 fully saturated rings. The predicted molar refractivity (Wildman–Crippen MR) is 141 cm³/mol. The van der Waals surface area contributed by atoms with Gasteiger partial charge in [-0.05, 0) is 54.8 Å². The molecule has 2 heterocycles. The number of fused-ring (bicyclic) bond motifs is 2. The summed E-state index contributed by atoms with van der Waals surface area (Å²) in [6, 6.07) is 24.8. The SMILES string of the molecule is COc1ccc2c(C)cc(=O)[nH]c2c1.COc1ccc2c(C)cc(=O)n(Cc3ccccc3)c2c1. The standard InChI is InChI=1S/C18H17NO2.C11H11NO2/c1-13-10-18(20)19(12-14-6-4-3-5-7-14)17-11-15(21-2)8-9-16(13)17;1-7-5-11(13)12-10-6-8(14-2)3-4-9(7)10/h3-11H,12H2,1-2H3;3-6H,1-2H3,(H,12,13). The second-order valence-corrected chi connectivity index (χ2v) is 8.35. The summed E-state index contributed by atoms with van der Waals surface area (Å²) in [7, 11) is 3.24. The number of aromatic nitrogens is 2. The number of pyridine rings is 2. The van der Waals surface area contributed by atoms with Crippen LogP contribution in [0.5, 0.6) is 11.5 Å². The Labute approximate surface area is 203 Å². The number of methoxy groups -OCH3 is 2. The van der Waals surface area contributed by atoms with E-state index in [-0.39, 0.29) is 11.1 Å². The zero-order valence-corrected chi connectivity index (χ0v) is 20.3. The quantitative estimate of drug-likeness (QED) is 0.393. The van der Waals surface area contributed by atoms with E-state index in [4.69, 9.17) is 9.47 Å². The van der Waals surface area contributed by atoms with E-state index in [1.54, 1.807) is 30.9 Å². The summed E-state index contributed by atoms with van der Waals surface area (Å²) in [5, 5.41) is 2.12. The zero-order chi connectivity index (χ0) is 24.9. The molecule has 0 amide bonds. The third-order valence-electron chi connectivity index (χ3n) is 5.97. The number of hydrogen-bond donors (Lipinski definition) is 1. The van der Waals surface area contributed by atoms with Gasteiger partial charge >= 0.3 is 0 Å². The molecule has 0 saturated heterocycles. The van der Waals surface area contributed by atoms with Gasteiger partial charge in [-0.1, -0.05) is 30.3 Å². The Morgan fingerprint density at radius 2 is 1.37 bits per heavy atom. The molecule has 2 aromatic heterocycles. The number of H-pyrrole nitrogens is 1. The summed E-state index contributed by atoms with van der Waals surface area (Å²) < 4.78 is 12.2. The molecule has 0 radical (unpaired) electrons. The van der Waals surface area contributed by atoms with Crippen LogP contribution in [0.25, 0.3) is 21.8 Å². The van der Waals surface area contributed by atoms with Crippen LogP contribution in [0, 0.1) is 13.8 Å². The molecule has 0 bridgehead atoms. The molecule has 0 aliphatic carbocycles. The first-order chi connectivity index (χ1) is 16.9. The molecule has 5 aromatic rings. The van der Waals surface area contributed by atoms with E-state index in [1.165, 1.54) is 0 Å². The fraction of sp³-hybridized carbons (Fsp3) is 0.172. The Morgan fingerprint density at radius 1 is 0.743 bits per heavy atom. The molecular weight excluding hydrogens is 440 g/mol.